The minimum Gasteiger partial charge on any atom is -0.260 e. The molecule has 0 saturated carbocycles. The third-order valence-corrected chi connectivity index (χ3v) is 4.70. The maximum atomic E-state index is 13.6. The first-order valence-corrected chi connectivity index (χ1v) is 9.05. The van der Waals surface area contributed by atoms with E-state index in [0.717, 1.165) is 28.1 Å². The van der Waals surface area contributed by atoms with Crippen LogP contribution in [0.2, 0.25) is 0 Å². The highest BCUT2D eigenvalue weighted by Gasteiger charge is 2.12. The summed E-state index contributed by atoms with van der Waals surface area (Å²) >= 11 is 0. The number of rotatable bonds is 4. The van der Waals surface area contributed by atoms with Crippen LogP contribution >= 0.6 is 0 Å². The van der Waals surface area contributed by atoms with Crippen molar-refractivity contribution < 1.29 is 4.39 Å². The number of aromatic nitrogens is 2. The third kappa shape index (κ3) is 3.82. The van der Waals surface area contributed by atoms with Crippen LogP contribution in [0.4, 0.5) is 4.39 Å². The van der Waals surface area contributed by atoms with Crippen molar-refractivity contribution in [2.24, 2.45) is 0 Å². The van der Waals surface area contributed by atoms with E-state index in [0.29, 0.717) is 6.54 Å². The van der Waals surface area contributed by atoms with Crippen molar-refractivity contribution in [2.45, 2.75) is 20.4 Å². The van der Waals surface area contributed by atoms with Crippen LogP contribution in [0.1, 0.15) is 16.7 Å². The summed E-state index contributed by atoms with van der Waals surface area (Å²) in [6.45, 7) is 4.67. The van der Waals surface area contributed by atoms with E-state index < -0.39 is 0 Å². The Morgan fingerprint density at radius 3 is 2.04 bits per heavy atom. The van der Waals surface area contributed by atoms with Gasteiger partial charge in [-0.25, -0.2) is 4.39 Å². The van der Waals surface area contributed by atoms with Gasteiger partial charge in [0.1, 0.15) is 5.82 Å². The lowest BCUT2D eigenvalue weighted by atomic mass is 10.1. The second kappa shape index (κ2) is 7.20. The first kappa shape index (κ1) is 17.2. The molecule has 4 rings (SSSR count). The number of nitrogens with zero attached hydrogens (tertiary/aromatic N) is 2. The number of hydrogen-bond donors (Lipinski definition) is 0. The van der Waals surface area contributed by atoms with Gasteiger partial charge in [-0.15, -0.1) is 0 Å². The Morgan fingerprint density at radius 1 is 0.778 bits per heavy atom. The Labute approximate surface area is 158 Å². The van der Waals surface area contributed by atoms with Gasteiger partial charge in [-0.2, -0.15) is 5.10 Å². The fourth-order valence-corrected chi connectivity index (χ4v) is 3.17. The van der Waals surface area contributed by atoms with Crippen LogP contribution < -0.4 is 0 Å². The number of halogens is 1. The molecule has 0 aliphatic carbocycles. The van der Waals surface area contributed by atoms with Crippen molar-refractivity contribution in [3.05, 3.63) is 101 Å². The standard InChI is InChI=1S/C24H21FN2/c1-17-6-10-20(11-7-17)23-15-24(21-12-8-18(2)9-13-21)27(26-23)16-19-4-3-5-22(25)14-19/h3-15H,16H2,1-2H3. The molecule has 3 heteroatoms. The maximum Gasteiger partial charge on any atom is 0.123 e. The smallest absolute Gasteiger partial charge is 0.123 e. The molecular formula is C24H21FN2. The summed E-state index contributed by atoms with van der Waals surface area (Å²) in [4.78, 5) is 0. The molecule has 0 saturated heterocycles. The van der Waals surface area contributed by atoms with Gasteiger partial charge in [0.25, 0.3) is 0 Å². The van der Waals surface area contributed by atoms with Gasteiger partial charge in [-0.3, -0.25) is 4.68 Å². The zero-order valence-corrected chi connectivity index (χ0v) is 15.5. The molecule has 0 radical (unpaired) electrons. The van der Waals surface area contributed by atoms with E-state index >= 15 is 0 Å². The highest BCUT2D eigenvalue weighted by atomic mass is 19.1. The number of hydrogen-bond acceptors (Lipinski definition) is 1. The van der Waals surface area contributed by atoms with Crippen LogP contribution in [0.15, 0.2) is 78.9 Å². The fourth-order valence-electron chi connectivity index (χ4n) is 3.17. The van der Waals surface area contributed by atoms with Crippen LogP contribution in [0.5, 0.6) is 0 Å². The Balaban J connectivity index is 1.79. The van der Waals surface area contributed by atoms with E-state index in [1.165, 1.54) is 17.2 Å². The second-order valence-electron chi connectivity index (χ2n) is 6.93. The Kier molecular flexibility index (Phi) is 4.59. The van der Waals surface area contributed by atoms with Crippen LogP contribution in [-0.2, 0) is 6.54 Å². The molecule has 0 spiro atoms. The van der Waals surface area contributed by atoms with Gasteiger partial charge < -0.3 is 0 Å². The summed E-state index contributed by atoms with van der Waals surface area (Å²) in [6, 6.07) is 25.6. The maximum absolute atomic E-state index is 13.6. The second-order valence-corrected chi connectivity index (χ2v) is 6.93. The largest absolute Gasteiger partial charge is 0.260 e. The summed E-state index contributed by atoms with van der Waals surface area (Å²) in [6.07, 6.45) is 0. The molecule has 3 aromatic carbocycles. The topological polar surface area (TPSA) is 17.8 Å². The molecule has 0 amide bonds. The van der Waals surface area contributed by atoms with E-state index in [-0.39, 0.29) is 5.82 Å². The molecule has 0 unspecified atom stereocenters. The lowest BCUT2D eigenvalue weighted by molar-refractivity contribution is 0.620. The first-order valence-electron chi connectivity index (χ1n) is 9.05. The Hall–Kier alpha value is -3.20. The fraction of sp³-hybridized carbons (Fsp3) is 0.125. The van der Waals surface area contributed by atoms with Crippen LogP contribution in [-0.4, -0.2) is 9.78 Å². The SMILES string of the molecule is Cc1ccc(-c2cc(-c3ccc(C)cc3)n(Cc3cccc(F)c3)n2)cc1. The van der Waals surface area contributed by atoms with E-state index in [4.69, 9.17) is 5.10 Å². The molecule has 1 aromatic heterocycles. The summed E-state index contributed by atoms with van der Waals surface area (Å²) < 4.78 is 15.6. The molecule has 0 fully saturated rings. The molecule has 0 N–H and O–H groups in total. The van der Waals surface area contributed by atoms with E-state index in [1.807, 2.05) is 10.7 Å². The molecule has 0 bridgehead atoms. The van der Waals surface area contributed by atoms with Crippen molar-refractivity contribution in [1.82, 2.24) is 9.78 Å². The van der Waals surface area contributed by atoms with Crippen molar-refractivity contribution in [2.75, 3.05) is 0 Å². The van der Waals surface area contributed by atoms with Crippen molar-refractivity contribution in [3.63, 3.8) is 0 Å². The van der Waals surface area contributed by atoms with Gasteiger partial charge >= 0.3 is 0 Å². The summed E-state index contributed by atoms with van der Waals surface area (Å²) in [7, 11) is 0. The van der Waals surface area contributed by atoms with Gasteiger partial charge in [-0.05, 0) is 43.2 Å². The lowest BCUT2D eigenvalue weighted by Crippen LogP contribution is -2.04. The minimum atomic E-state index is -0.227. The molecule has 0 atom stereocenters. The predicted molar refractivity (Wildman–Crippen MR) is 108 cm³/mol. The average molecular weight is 356 g/mol. The monoisotopic (exact) mass is 356 g/mol. The van der Waals surface area contributed by atoms with Crippen molar-refractivity contribution in [1.29, 1.82) is 0 Å². The minimum absolute atomic E-state index is 0.227. The summed E-state index contributed by atoms with van der Waals surface area (Å²) in [5.74, 6) is -0.227. The van der Waals surface area contributed by atoms with Crippen LogP contribution in [0, 0.1) is 19.7 Å². The normalized spacial score (nSPS) is 10.9. The van der Waals surface area contributed by atoms with Gasteiger partial charge in [0, 0.05) is 5.56 Å². The third-order valence-electron chi connectivity index (χ3n) is 4.70. The lowest BCUT2D eigenvalue weighted by Gasteiger charge is -2.08. The van der Waals surface area contributed by atoms with Crippen molar-refractivity contribution >= 4 is 0 Å². The average Bonchev–Trinajstić information content (AvgIpc) is 3.07. The van der Waals surface area contributed by atoms with E-state index in [9.17, 15) is 4.39 Å². The van der Waals surface area contributed by atoms with Gasteiger partial charge in [0.15, 0.2) is 0 Å². The first-order chi connectivity index (χ1) is 13.1. The molecule has 1 heterocycles. The van der Waals surface area contributed by atoms with E-state index in [2.05, 4.69) is 68.4 Å². The quantitative estimate of drug-likeness (QED) is 0.437. The summed E-state index contributed by atoms with van der Waals surface area (Å²) in [5.41, 5.74) is 7.44. The zero-order chi connectivity index (χ0) is 18.8. The zero-order valence-electron chi connectivity index (χ0n) is 15.5. The summed E-state index contributed by atoms with van der Waals surface area (Å²) in [5, 5.41) is 4.83. The van der Waals surface area contributed by atoms with Gasteiger partial charge in [0.05, 0.1) is 17.9 Å². The molecule has 27 heavy (non-hydrogen) atoms. The Morgan fingerprint density at radius 2 is 1.41 bits per heavy atom. The predicted octanol–water partition coefficient (Wildman–Crippen LogP) is 6.02. The van der Waals surface area contributed by atoms with E-state index in [1.54, 1.807) is 12.1 Å². The van der Waals surface area contributed by atoms with Gasteiger partial charge in [0.2, 0.25) is 0 Å². The van der Waals surface area contributed by atoms with Crippen LogP contribution in [0.25, 0.3) is 22.5 Å². The van der Waals surface area contributed by atoms with Crippen molar-refractivity contribution in [3.8, 4) is 22.5 Å². The molecule has 4 aromatic rings. The molecule has 2 nitrogen and oxygen atoms in total. The number of aryl methyl sites for hydroxylation is 2. The van der Waals surface area contributed by atoms with Gasteiger partial charge in [-0.1, -0.05) is 71.8 Å². The highest BCUT2D eigenvalue weighted by Crippen LogP contribution is 2.27. The highest BCUT2D eigenvalue weighted by molar-refractivity contribution is 5.69. The van der Waals surface area contributed by atoms with Crippen LogP contribution in [0.3, 0.4) is 0 Å². The molecule has 0 aliphatic heterocycles. The molecule has 0 aliphatic rings. The molecular weight excluding hydrogens is 335 g/mol. The molecule has 134 valence electrons. The Bertz CT molecular complexity index is 1060. The number of benzene rings is 3.